The zero-order valence-electron chi connectivity index (χ0n) is 12.1. The molecule has 0 aromatic rings. The predicted octanol–water partition coefficient (Wildman–Crippen LogP) is 1.59. The lowest BCUT2D eigenvalue weighted by Crippen LogP contribution is -2.48. The molecule has 0 aromatic heterocycles. The molecule has 20 heavy (non-hydrogen) atoms. The predicted molar refractivity (Wildman–Crippen MR) is 72.2 cm³/mol. The molecule has 1 amide bonds. The molecule has 6 heteroatoms. The van der Waals surface area contributed by atoms with Crippen LogP contribution < -0.4 is 0 Å². The third-order valence-electron chi connectivity index (χ3n) is 4.09. The van der Waals surface area contributed by atoms with Gasteiger partial charge in [0.1, 0.15) is 5.41 Å². The second kappa shape index (κ2) is 6.72. The number of hydrogen-bond donors (Lipinski definition) is 2. The molecular formula is C14H23NO5. The van der Waals surface area contributed by atoms with Crippen molar-refractivity contribution < 1.29 is 24.6 Å². The number of carboxylic acid groups (broad SMARTS) is 2. The molecule has 0 aromatic carbocycles. The summed E-state index contributed by atoms with van der Waals surface area (Å²) < 4.78 is 0. The number of nitrogens with zero attached hydrogens (tertiary/aromatic N) is 1. The van der Waals surface area contributed by atoms with Gasteiger partial charge in [-0.05, 0) is 12.8 Å². The van der Waals surface area contributed by atoms with E-state index in [2.05, 4.69) is 0 Å². The van der Waals surface area contributed by atoms with Gasteiger partial charge in [-0.15, -0.1) is 0 Å². The van der Waals surface area contributed by atoms with Crippen LogP contribution >= 0.6 is 0 Å². The molecule has 0 saturated heterocycles. The van der Waals surface area contributed by atoms with Crippen LogP contribution in [-0.2, 0) is 14.4 Å². The smallest absolute Gasteiger partial charge is 0.319 e. The zero-order chi connectivity index (χ0) is 15.3. The lowest BCUT2D eigenvalue weighted by molar-refractivity contribution is -0.161. The van der Waals surface area contributed by atoms with Crippen molar-refractivity contribution in [2.24, 2.45) is 11.3 Å². The number of carbonyl (C=O) groups is 3. The second-order valence-electron chi connectivity index (χ2n) is 5.73. The van der Waals surface area contributed by atoms with E-state index in [1.165, 1.54) is 18.9 Å². The number of carbonyl (C=O) groups excluding carboxylic acids is 1. The number of rotatable bonds is 5. The largest absolute Gasteiger partial charge is 0.481 e. The fourth-order valence-electron chi connectivity index (χ4n) is 2.79. The van der Waals surface area contributed by atoms with Crippen LogP contribution in [0.4, 0.5) is 0 Å². The summed E-state index contributed by atoms with van der Waals surface area (Å²) in [6.45, 7) is 1.54. The maximum Gasteiger partial charge on any atom is 0.319 e. The van der Waals surface area contributed by atoms with Crippen LogP contribution in [0.1, 0.15) is 45.4 Å². The molecule has 114 valence electrons. The van der Waals surface area contributed by atoms with Crippen molar-refractivity contribution in [3.05, 3.63) is 0 Å². The first-order valence-corrected chi connectivity index (χ1v) is 7.03. The molecule has 1 unspecified atom stereocenters. The quantitative estimate of drug-likeness (QED) is 0.591. The number of amides is 1. The van der Waals surface area contributed by atoms with E-state index in [1.54, 1.807) is 0 Å². The fourth-order valence-corrected chi connectivity index (χ4v) is 2.79. The van der Waals surface area contributed by atoms with Gasteiger partial charge in [0.05, 0.1) is 5.92 Å². The zero-order valence-corrected chi connectivity index (χ0v) is 12.1. The van der Waals surface area contributed by atoms with Gasteiger partial charge in [0.25, 0.3) is 0 Å². The van der Waals surface area contributed by atoms with Gasteiger partial charge in [-0.2, -0.15) is 0 Å². The number of carboxylic acids is 2. The summed E-state index contributed by atoms with van der Waals surface area (Å²) in [5.74, 6) is -3.24. The molecule has 6 nitrogen and oxygen atoms in total. The van der Waals surface area contributed by atoms with E-state index in [-0.39, 0.29) is 6.54 Å². The Morgan fingerprint density at radius 3 is 2.00 bits per heavy atom. The molecule has 1 rings (SSSR count). The summed E-state index contributed by atoms with van der Waals surface area (Å²) in [5, 5.41) is 18.4. The highest BCUT2D eigenvalue weighted by Gasteiger charge is 2.47. The summed E-state index contributed by atoms with van der Waals surface area (Å²) in [4.78, 5) is 36.3. The van der Waals surface area contributed by atoms with Crippen LogP contribution in [0.2, 0.25) is 0 Å². The Balaban J connectivity index is 2.88. The van der Waals surface area contributed by atoms with Crippen LogP contribution in [-0.4, -0.2) is 46.6 Å². The van der Waals surface area contributed by atoms with Crippen molar-refractivity contribution in [1.82, 2.24) is 4.90 Å². The van der Waals surface area contributed by atoms with Crippen molar-refractivity contribution >= 4 is 17.8 Å². The molecule has 2 N–H and O–H groups in total. The summed E-state index contributed by atoms with van der Waals surface area (Å²) in [6.07, 6.45) is 4.01. The van der Waals surface area contributed by atoms with E-state index in [4.69, 9.17) is 5.11 Å². The lowest BCUT2D eigenvalue weighted by Gasteiger charge is -2.32. The average Bonchev–Trinajstić information content (AvgIpc) is 2.63. The van der Waals surface area contributed by atoms with Gasteiger partial charge in [-0.1, -0.05) is 32.6 Å². The third kappa shape index (κ3) is 3.49. The van der Waals surface area contributed by atoms with Gasteiger partial charge in [-0.25, -0.2) is 0 Å². The van der Waals surface area contributed by atoms with E-state index < -0.39 is 29.2 Å². The Morgan fingerprint density at radius 1 is 1.10 bits per heavy atom. The molecule has 1 atom stereocenters. The minimum atomic E-state index is -1.37. The number of aliphatic carboxylic acids is 2. The molecule has 0 aliphatic heterocycles. The first-order valence-electron chi connectivity index (χ1n) is 7.03. The molecule has 0 heterocycles. The molecule has 0 radical (unpaired) electrons. The van der Waals surface area contributed by atoms with Crippen molar-refractivity contribution in [1.29, 1.82) is 0 Å². The Labute approximate surface area is 118 Å². The van der Waals surface area contributed by atoms with Gasteiger partial charge in [0.15, 0.2) is 0 Å². The van der Waals surface area contributed by atoms with Crippen molar-refractivity contribution in [2.75, 3.05) is 13.6 Å². The summed E-state index contributed by atoms with van der Waals surface area (Å²) >= 11 is 0. The first kappa shape index (κ1) is 16.5. The van der Waals surface area contributed by atoms with Crippen LogP contribution in [0.3, 0.4) is 0 Å². The molecule has 0 spiro atoms. The minimum Gasteiger partial charge on any atom is -0.481 e. The molecular weight excluding hydrogens is 262 g/mol. The Morgan fingerprint density at radius 2 is 1.60 bits per heavy atom. The minimum absolute atomic E-state index is 0.0309. The fraction of sp³-hybridized carbons (Fsp3) is 0.786. The van der Waals surface area contributed by atoms with E-state index in [9.17, 15) is 19.5 Å². The molecule has 1 saturated carbocycles. The first-order chi connectivity index (χ1) is 9.31. The van der Waals surface area contributed by atoms with Crippen LogP contribution in [0.5, 0.6) is 0 Å². The molecule has 1 aliphatic carbocycles. The number of hydrogen-bond acceptors (Lipinski definition) is 3. The Hall–Kier alpha value is -1.59. The Kier molecular flexibility index (Phi) is 5.53. The van der Waals surface area contributed by atoms with Crippen LogP contribution in [0, 0.1) is 11.3 Å². The van der Waals surface area contributed by atoms with Gasteiger partial charge in [0.2, 0.25) is 5.91 Å². The summed E-state index contributed by atoms with van der Waals surface area (Å²) in [6, 6.07) is 0. The van der Waals surface area contributed by atoms with E-state index in [0.29, 0.717) is 12.8 Å². The molecule has 1 fully saturated rings. The average molecular weight is 285 g/mol. The standard InChI is InChI=1S/C14H23NO5/c1-10(11(16)17)9-15(2)12(18)14(13(19)20)7-5-3-4-6-8-14/h10H,3-9H2,1-2H3,(H,16,17)(H,19,20). The normalized spacial score (nSPS) is 19.7. The highest BCUT2D eigenvalue weighted by atomic mass is 16.4. The summed E-state index contributed by atoms with van der Waals surface area (Å²) in [5.41, 5.74) is -1.37. The van der Waals surface area contributed by atoms with Gasteiger partial charge < -0.3 is 15.1 Å². The van der Waals surface area contributed by atoms with Crippen LogP contribution in [0.15, 0.2) is 0 Å². The highest BCUT2D eigenvalue weighted by molar-refractivity contribution is 6.01. The van der Waals surface area contributed by atoms with E-state index in [0.717, 1.165) is 25.7 Å². The third-order valence-corrected chi connectivity index (χ3v) is 4.09. The van der Waals surface area contributed by atoms with Gasteiger partial charge in [0, 0.05) is 13.6 Å². The highest BCUT2D eigenvalue weighted by Crippen LogP contribution is 2.37. The molecule has 1 aliphatic rings. The monoisotopic (exact) mass is 285 g/mol. The van der Waals surface area contributed by atoms with Crippen molar-refractivity contribution in [2.45, 2.75) is 45.4 Å². The summed E-state index contributed by atoms with van der Waals surface area (Å²) in [7, 11) is 1.48. The second-order valence-corrected chi connectivity index (χ2v) is 5.73. The van der Waals surface area contributed by atoms with Gasteiger partial charge >= 0.3 is 11.9 Å². The van der Waals surface area contributed by atoms with E-state index in [1.807, 2.05) is 0 Å². The maximum absolute atomic E-state index is 12.5. The van der Waals surface area contributed by atoms with Crippen molar-refractivity contribution in [3.63, 3.8) is 0 Å². The Bertz CT molecular complexity index is 385. The van der Waals surface area contributed by atoms with Crippen molar-refractivity contribution in [3.8, 4) is 0 Å². The van der Waals surface area contributed by atoms with Crippen LogP contribution in [0.25, 0.3) is 0 Å². The van der Waals surface area contributed by atoms with Gasteiger partial charge in [-0.3, -0.25) is 14.4 Å². The molecule has 0 bridgehead atoms. The lowest BCUT2D eigenvalue weighted by atomic mass is 9.79. The topological polar surface area (TPSA) is 94.9 Å². The SMILES string of the molecule is CC(CN(C)C(=O)C1(C(=O)O)CCCCCC1)C(=O)O. The van der Waals surface area contributed by atoms with E-state index >= 15 is 0 Å². The maximum atomic E-state index is 12.5.